The molecule has 4 fully saturated rings. The maximum absolute atomic E-state index is 13.7. The van der Waals surface area contributed by atoms with Crippen LogP contribution in [0.25, 0.3) is 0 Å². The van der Waals surface area contributed by atoms with Crippen molar-refractivity contribution < 1.29 is 9.59 Å². The van der Waals surface area contributed by atoms with E-state index in [0.29, 0.717) is 18.3 Å². The smallest absolute Gasteiger partial charge is 0.230 e. The van der Waals surface area contributed by atoms with E-state index in [2.05, 4.69) is 41.8 Å². The lowest BCUT2D eigenvalue weighted by Crippen LogP contribution is -2.59. The molecule has 0 aromatic heterocycles. The van der Waals surface area contributed by atoms with Gasteiger partial charge in [0.25, 0.3) is 0 Å². The van der Waals surface area contributed by atoms with Crippen molar-refractivity contribution in [3.63, 3.8) is 0 Å². The van der Waals surface area contributed by atoms with Crippen LogP contribution in [0, 0.1) is 50.4 Å². The third-order valence-electron chi connectivity index (χ3n) is 8.30. The van der Waals surface area contributed by atoms with Crippen LogP contribution in [-0.2, 0) is 9.59 Å². The van der Waals surface area contributed by atoms with Crippen LogP contribution in [0.15, 0.2) is 36.4 Å². The maximum atomic E-state index is 13.7. The number of rotatable bonds is 4. The molecule has 0 aliphatic heterocycles. The Morgan fingerprint density at radius 1 is 0.719 bits per heavy atom. The van der Waals surface area contributed by atoms with Gasteiger partial charge in [0, 0.05) is 11.4 Å². The highest BCUT2D eigenvalue weighted by Gasteiger charge is 2.63. The first kappa shape index (κ1) is 21.2. The van der Waals surface area contributed by atoms with E-state index in [1.54, 1.807) is 0 Å². The SMILES string of the molecule is Cc1ccc(NC(=O)C23C[C@H]4C[C@@H](C2)CC(C(=O)Nc2cc(C)ccc2C)(C4)C3)c(C)c1. The predicted octanol–water partition coefficient (Wildman–Crippen LogP) is 6.08. The molecule has 6 rings (SSSR count). The Balaban J connectivity index is 1.41. The molecule has 2 aromatic rings. The first-order valence-electron chi connectivity index (χ1n) is 12.0. The fraction of sp³-hybridized carbons (Fsp3) is 0.500. The molecule has 2 unspecified atom stereocenters. The second-order valence-electron chi connectivity index (χ2n) is 11.1. The predicted molar refractivity (Wildman–Crippen MR) is 129 cm³/mol. The average molecular weight is 431 g/mol. The van der Waals surface area contributed by atoms with Crippen molar-refractivity contribution in [2.75, 3.05) is 10.6 Å². The van der Waals surface area contributed by atoms with Gasteiger partial charge in [0.15, 0.2) is 0 Å². The van der Waals surface area contributed by atoms with E-state index in [1.165, 1.54) is 5.56 Å². The van der Waals surface area contributed by atoms with E-state index in [4.69, 9.17) is 0 Å². The molecule has 4 aliphatic rings. The van der Waals surface area contributed by atoms with Crippen LogP contribution >= 0.6 is 0 Å². The summed E-state index contributed by atoms with van der Waals surface area (Å²) in [7, 11) is 0. The third kappa shape index (κ3) is 3.54. The molecule has 4 saturated carbocycles. The molecule has 168 valence electrons. The number of aryl methyl sites for hydroxylation is 4. The molecule has 4 aliphatic carbocycles. The molecule has 2 N–H and O–H groups in total. The van der Waals surface area contributed by atoms with Crippen molar-refractivity contribution in [3.05, 3.63) is 58.7 Å². The summed E-state index contributed by atoms with van der Waals surface area (Å²) in [5.41, 5.74) is 5.43. The van der Waals surface area contributed by atoms with Crippen molar-refractivity contribution in [1.29, 1.82) is 0 Å². The summed E-state index contributed by atoms with van der Waals surface area (Å²) in [4.78, 5) is 27.4. The fourth-order valence-corrected chi connectivity index (χ4v) is 7.13. The largest absolute Gasteiger partial charge is 0.325 e. The number of anilines is 2. The van der Waals surface area contributed by atoms with Gasteiger partial charge in [-0.15, -0.1) is 0 Å². The molecule has 4 heteroatoms. The topological polar surface area (TPSA) is 58.2 Å². The van der Waals surface area contributed by atoms with Crippen molar-refractivity contribution in [1.82, 2.24) is 0 Å². The van der Waals surface area contributed by atoms with Gasteiger partial charge in [0.2, 0.25) is 11.8 Å². The number of benzene rings is 2. The van der Waals surface area contributed by atoms with Gasteiger partial charge in [-0.3, -0.25) is 9.59 Å². The Morgan fingerprint density at radius 3 is 1.84 bits per heavy atom. The van der Waals surface area contributed by atoms with Crippen LogP contribution in [0.2, 0.25) is 0 Å². The van der Waals surface area contributed by atoms with E-state index >= 15 is 0 Å². The van der Waals surface area contributed by atoms with E-state index in [0.717, 1.165) is 60.2 Å². The molecule has 0 spiro atoms. The van der Waals surface area contributed by atoms with Crippen molar-refractivity contribution >= 4 is 23.2 Å². The lowest BCUT2D eigenvalue weighted by atomic mass is 9.43. The summed E-state index contributed by atoms with van der Waals surface area (Å²) < 4.78 is 0. The molecule has 4 atom stereocenters. The van der Waals surface area contributed by atoms with Crippen LogP contribution in [0.3, 0.4) is 0 Å². The normalized spacial score (nSPS) is 30.2. The number of carbonyl (C=O) groups excluding carboxylic acids is 2. The Labute approximate surface area is 191 Å². The van der Waals surface area contributed by atoms with Gasteiger partial charge in [-0.05, 0) is 107 Å². The van der Waals surface area contributed by atoms with Gasteiger partial charge in [-0.1, -0.05) is 29.8 Å². The summed E-state index contributed by atoms with van der Waals surface area (Å²) in [5.74, 6) is 1.15. The summed E-state index contributed by atoms with van der Waals surface area (Å²) in [6, 6.07) is 12.3. The standard InChI is InChI=1S/C28H34N2O2/c1-17-6-8-23(20(4)9-17)29-25(31)27-12-21-11-22(13-27)15-28(14-21,16-27)26(32)30-24-10-18(2)5-7-19(24)3/h5-10,21-22H,11-16H2,1-4H3,(H,29,31)(H,30,32)/t21-,22+,27?,28?. The Morgan fingerprint density at radius 2 is 1.25 bits per heavy atom. The zero-order valence-corrected chi connectivity index (χ0v) is 19.7. The number of nitrogens with one attached hydrogen (secondary N) is 2. The first-order valence-corrected chi connectivity index (χ1v) is 12.0. The molecule has 2 amide bonds. The number of carbonyl (C=O) groups is 2. The van der Waals surface area contributed by atoms with Gasteiger partial charge in [-0.25, -0.2) is 0 Å². The van der Waals surface area contributed by atoms with E-state index in [1.807, 2.05) is 32.9 Å². The lowest BCUT2D eigenvalue weighted by Gasteiger charge is -2.60. The Kier molecular flexibility index (Phi) is 4.96. The van der Waals surface area contributed by atoms with E-state index in [-0.39, 0.29) is 11.8 Å². The molecule has 4 bridgehead atoms. The average Bonchev–Trinajstić information content (AvgIpc) is 2.71. The quantitative estimate of drug-likeness (QED) is 0.617. The Hall–Kier alpha value is -2.62. The molecule has 32 heavy (non-hydrogen) atoms. The minimum atomic E-state index is -0.431. The lowest BCUT2D eigenvalue weighted by molar-refractivity contribution is -0.161. The van der Waals surface area contributed by atoms with Gasteiger partial charge < -0.3 is 10.6 Å². The zero-order valence-electron chi connectivity index (χ0n) is 19.7. The van der Waals surface area contributed by atoms with Gasteiger partial charge in [0.1, 0.15) is 0 Å². The molecular formula is C28H34N2O2. The number of amides is 2. The molecule has 0 radical (unpaired) electrons. The second kappa shape index (κ2) is 7.47. The summed E-state index contributed by atoms with van der Waals surface area (Å²) in [6.07, 6.45) is 5.49. The van der Waals surface area contributed by atoms with Gasteiger partial charge >= 0.3 is 0 Å². The highest BCUT2D eigenvalue weighted by atomic mass is 16.2. The molecule has 4 nitrogen and oxygen atoms in total. The minimum Gasteiger partial charge on any atom is -0.325 e. The highest BCUT2D eigenvalue weighted by molar-refractivity contribution is 6.00. The first-order chi connectivity index (χ1) is 15.2. The molecule has 2 aromatic carbocycles. The summed E-state index contributed by atoms with van der Waals surface area (Å²) in [5, 5.41) is 6.50. The fourth-order valence-electron chi connectivity index (χ4n) is 7.13. The molecular weight excluding hydrogens is 396 g/mol. The van der Waals surface area contributed by atoms with Gasteiger partial charge in [-0.2, -0.15) is 0 Å². The Bertz CT molecular complexity index is 1090. The third-order valence-corrected chi connectivity index (χ3v) is 8.30. The molecule has 0 saturated heterocycles. The van der Waals surface area contributed by atoms with Crippen molar-refractivity contribution in [2.45, 2.75) is 66.2 Å². The molecule has 0 heterocycles. The maximum Gasteiger partial charge on any atom is 0.230 e. The van der Waals surface area contributed by atoms with Crippen LogP contribution < -0.4 is 10.6 Å². The van der Waals surface area contributed by atoms with Crippen LogP contribution in [-0.4, -0.2) is 11.8 Å². The van der Waals surface area contributed by atoms with E-state index < -0.39 is 10.8 Å². The number of hydrogen-bond donors (Lipinski definition) is 2. The highest BCUT2D eigenvalue weighted by Crippen LogP contribution is 2.65. The van der Waals surface area contributed by atoms with Crippen LogP contribution in [0.4, 0.5) is 11.4 Å². The van der Waals surface area contributed by atoms with E-state index in [9.17, 15) is 9.59 Å². The minimum absolute atomic E-state index is 0.113. The zero-order chi connectivity index (χ0) is 22.7. The van der Waals surface area contributed by atoms with Crippen molar-refractivity contribution in [2.24, 2.45) is 22.7 Å². The summed E-state index contributed by atoms with van der Waals surface area (Å²) in [6.45, 7) is 8.19. The van der Waals surface area contributed by atoms with Crippen LogP contribution in [0.1, 0.15) is 60.8 Å². The van der Waals surface area contributed by atoms with Gasteiger partial charge in [0.05, 0.1) is 10.8 Å². The monoisotopic (exact) mass is 430 g/mol. The number of hydrogen-bond acceptors (Lipinski definition) is 2. The van der Waals surface area contributed by atoms with Crippen molar-refractivity contribution in [3.8, 4) is 0 Å². The second-order valence-corrected chi connectivity index (χ2v) is 11.1. The summed E-state index contributed by atoms with van der Waals surface area (Å²) >= 11 is 0. The van der Waals surface area contributed by atoms with Crippen LogP contribution in [0.5, 0.6) is 0 Å².